The summed E-state index contributed by atoms with van der Waals surface area (Å²) in [5.41, 5.74) is 2.87. The fourth-order valence-electron chi connectivity index (χ4n) is 3.18. The second-order valence-corrected chi connectivity index (χ2v) is 5.57. The van der Waals surface area contributed by atoms with Gasteiger partial charge in [0.1, 0.15) is 11.9 Å². The van der Waals surface area contributed by atoms with Crippen LogP contribution in [0.1, 0.15) is 55.9 Å². The van der Waals surface area contributed by atoms with Gasteiger partial charge in [0.05, 0.1) is 7.11 Å². The lowest BCUT2D eigenvalue weighted by Gasteiger charge is -2.24. The zero-order valence-corrected chi connectivity index (χ0v) is 13.6. The molecule has 0 saturated carbocycles. The largest absolute Gasteiger partial charge is 0.496 e. The Morgan fingerprint density at radius 1 is 1.09 bits per heavy atom. The highest BCUT2D eigenvalue weighted by Gasteiger charge is 2.44. The minimum Gasteiger partial charge on any atom is -0.496 e. The quantitative estimate of drug-likeness (QED) is 0.800. The van der Waals surface area contributed by atoms with E-state index in [1.165, 1.54) is 13.8 Å². The molecule has 1 aliphatic carbocycles. The summed E-state index contributed by atoms with van der Waals surface area (Å²) in [4.78, 5) is 22.9. The van der Waals surface area contributed by atoms with Crippen molar-refractivity contribution in [3.8, 4) is 5.75 Å². The van der Waals surface area contributed by atoms with Crippen LogP contribution < -0.4 is 4.74 Å². The molecule has 1 aromatic rings. The molecule has 3 atom stereocenters. The van der Waals surface area contributed by atoms with Crippen LogP contribution in [0.25, 0.3) is 0 Å². The van der Waals surface area contributed by atoms with E-state index in [4.69, 9.17) is 14.2 Å². The molecule has 0 heterocycles. The predicted octanol–water partition coefficient (Wildman–Crippen LogP) is 3.05. The van der Waals surface area contributed by atoms with E-state index in [0.717, 1.165) is 28.9 Å². The molecule has 0 aliphatic heterocycles. The van der Waals surface area contributed by atoms with E-state index in [-0.39, 0.29) is 11.9 Å². The maximum Gasteiger partial charge on any atom is 0.303 e. The van der Waals surface area contributed by atoms with Gasteiger partial charge in [-0.15, -0.1) is 0 Å². The van der Waals surface area contributed by atoms with E-state index in [1.807, 2.05) is 26.0 Å². The first-order valence-electron chi connectivity index (χ1n) is 7.41. The number of benzene rings is 1. The van der Waals surface area contributed by atoms with Crippen LogP contribution >= 0.6 is 0 Å². The second-order valence-electron chi connectivity index (χ2n) is 5.57. The van der Waals surface area contributed by atoms with Crippen molar-refractivity contribution in [3.63, 3.8) is 0 Å². The first-order valence-corrected chi connectivity index (χ1v) is 7.41. The summed E-state index contributed by atoms with van der Waals surface area (Å²) in [6, 6.07) is 3.91. The lowest BCUT2D eigenvalue weighted by atomic mass is 9.96. The molecule has 0 aromatic heterocycles. The van der Waals surface area contributed by atoms with Crippen molar-refractivity contribution in [1.29, 1.82) is 0 Å². The molecular formula is C17H22O5. The van der Waals surface area contributed by atoms with Crippen molar-refractivity contribution in [2.24, 2.45) is 0 Å². The van der Waals surface area contributed by atoms with Gasteiger partial charge in [-0.25, -0.2) is 0 Å². The summed E-state index contributed by atoms with van der Waals surface area (Å²) in [5, 5.41) is 0. The Hall–Kier alpha value is -2.04. The summed E-state index contributed by atoms with van der Waals surface area (Å²) in [7, 11) is 1.62. The molecule has 0 spiro atoms. The summed E-state index contributed by atoms with van der Waals surface area (Å²) in [6.07, 6.45) is -0.284. The highest BCUT2D eigenvalue weighted by atomic mass is 16.6. The maximum atomic E-state index is 11.5. The lowest BCUT2D eigenvalue weighted by molar-refractivity contribution is -0.166. The van der Waals surface area contributed by atoms with Crippen LogP contribution in [-0.4, -0.2) is 25.2 Å². The van der Waals surface area contributed by atoms with Gasteiger partial charge in [-0.05, 0) is 36.6 Å². The Labute approximate surface area is 130 Å². The predicted molar refractivity (Wildman–Crippen MR) is 80.8 cm³/mol. The van der Waals surface area contributed by atoms with E-state index in [0.29, 0.717) is 0 Å². The number of hydrogen-bond acceptors (Lipinski definition) is 5. The fraction of sp³-hybridized carbons (Fsp3) is 0.529. The Morgan fingerprint density at radius 2 is 1.73 bits per heavy atom. The number of aryl methyl sites for hydroxylation is 1. The van der Waals surface area contributed by atoms with Crippen LogP contribution in [0.3, 0.4) is 0 Å². The van der Waals surface area contributed by atoms with Gasteiger partial charge in [-0.2, -0.15) is 0 Å². The number of esters is 2. The minimum absolute atomic E-state index is 0.0160. The molecular weight excluding hydrogens is 284 g/mol. The standard InChI is InChI=1S/C17H22O5/c1-6-12-13-8-15(20-5)9(2)7-14(13)17(22-11(4)19)16(12)21-10(3)18/h7-8,12,16-17H,6H2,1-5H3. The second kappa shape index (κ2) is 6.38. The lowest BCUT2D eigenvalue weighted by Crippen LogP contribution is -2.27. The van der Waals surface area contributed by atoms with Crippen molar-refractivity contribution in [2.45, 2.75) is 52.2 Å². The van der Waals surface area contributed by atoms with Gasteiger partial charge >= 0.3 is 11.9 Å². The monoisotopic (exact) mass is 306 g/mol. The average Bonchev–Trinajstić information content (AvgIpc) is 2.69. The van der Waals surface area contributed by atoms with E-state index in [9.17, 15) is 9.59 Å². The summed E-state index contributed by atoms with van der Waals surface area (Å²) < 4.78 is 16.3. The summed E-state index contributed by atoms with van der Waals surface area (Å²) in [5.74, 6) is -0.00424. The first kappa shape index (κ1) is 16.3. The van der Waals surface area contributed by atoms with Gasteiger partial charge in [0.15, 0.2) is 6.10 Å². The van der Waals surface area contributed by atoms with Gasteiger partial charge in [-0.1, -0.05) is 6.92 Å². The Kier molecular flexibility index (Phi) is 4.74. The number of ether oxygens (including phenoxy) is 3. The molecule has 2 rings (SSSR count). The third-order valence-electron chi connectivity index (χ3n) is 4.04. The van der Waals surface area contributed by atoms with Crippen LogP contribution in [0.5, 0.6) is 5.75 Å². The average molecular weight is 306 g/mol. The third-order valence-corrected chi connectivity index (χ3v) is 4.04. The molecule has 22 heavy (non-hydrogen) atoms. The summed E-state index contributed by atoms with van der Waals surface area (Å²) in [6.45, 7) is 6.68. The zero-order chi connectivity index (χ0) is 16.4. The van der Waals surface area contributed by atoms with E-state index < -0.39 is 18.2 Å². The van der Waals surface area contributed by atoms with Gasteiger partial charge in [0.25, 0.3) is 0 Å². The molecule has 0 radical (unpaired) electrons. The summed E-state index contributed by atoms with van der Waals surface area (Å²) >= 11 is 0. The number of hydrogen-bond donors (Lipinski definition) is 0. The molecule has 5 nitrogen and oxygen atoms in total. The van der Waals surface area contributed by atoms with Crippen LogP contribution in [-0.2, 0) is 19.1 Å². The van der Waals surface area contributed by atoms with E-state index >= 15 is 0 Å². The van der Waals surface area contributed by atoms with Crippen molar-refractivity contribution < 1.29 is 23.8 Å². The van der Waals surface area contributed by atoms with Crippen molar-refractivity contribution >= 4 is 11.9 Å². The van der Waals surface area contributed by atoms with Crippen LogP contribution in [0.2, 0.25) is 0 Å². The first-order chi connectivity index (χ1) is 10.4. The van der Waals surface area contributed by atoms with Crippen molar-refractivity contribution in [2.75, 3.05) is 7.11 Å². The molecule has 0 bridgehead atoms. The molecule has 0 saturated heterocycles. The topological polar surface area (TPSA) is 61.8 Å². The number of rotatable bonds is 4. The maximum absolute atomic E-state index is 11.5. The van der Waals surface area contributed by atoms with Gasteiger partial charge in [0.2, 0.25) is 0 Å². The van der Waals surface area contributed by atoms with Crippen LogP contribution in [0.4, 0.5) is 0 Å². The molecule has 3 unspecified atom stereocenters. The molecule has 1 aliphatic rings. The Bertz CT molecular complexity index is 593. The smallest absolute Gasteiger partial charge is 0.303 e. The number of methoxy groups -OCH3 is 1. The SMILES string of the molecule is CCC1c2cc(OC)c(C)cc2C(OC(C)=O)C1OC(C)=O. The van der Waals surface area contributed by atoms with Crippen molar-refractivity contribution in [1.82, 2.24) is 0 Å². The van der Waals surface area contributed by atoms with Crippen LogP contribution in [0.15, 0.2) is 12.1 Å². The minimum atomic E-state index is -0.564. The third kappa shape index (κ3) is 2.93. The Morgan fingerprint density at radius 3 is 2.23 bits per heavy atom. The molecule has 0 fully saturated rings. The normalized spacial score (nSPS) is 22.9. The highest BCUT2D eigenvalue weighted by Crippen LogP contribution is 2.48. The molecule has 0 amide bonds. The zero-order valence-electron chi connectivity index (χ0n) is 13.6. The number of carbonyl (C=O) groups is 2. The fourth-order valence-corrected chi connectivity index (χ4v) is 3.18. The van der Waals surface area contributed by atoms with Gasteiger partial charge < -0.3 is 14.2 Å². The number of fused-ring (bicyclic) bond motifs is 1. The van der Waals surface area contributed by atoms with E-state index in [1.54, 1.807) is 7.11 Å². The molecule has 5 heteroatoms. The van der Waals surface area contributed by atoms with Gasteiger partial charge in [-0.3, -0.25) is 9.59 Å². The Balaban J connectivity index is 2.53. The highest BCUT2D eigenvalue weighted by molar-refractivity contribution is 5.68. The van der Waals surface area contributed by atoms with E-state index in [2.05, 4.69) is 0 Å². The molecule has 1 aromatic carbocycles. The van der Waals surface area contributed by atoms with Gasteiger partial charge in [0, 0.05) is 25.3 Å². The van der Waals surface area contributed by atoms with Crippen LogP contribution in [0, 0.1) is 6.92 Å². The molecule has 0 N–H and O–H groups in total. The molecule has 120 valence electrons. The number of carbonyl (C=O) groups excluding carboxylic acids is 2. The van der Waals surface area contributed by atoms with Crippen molar-refractivity contribution in [3.05, 3.63) is 28.8 Å².